The van der Waals surface area contributed by atoms with Gasteiger partial charge in [0.25, 0.3) is 0 Å². The van der Waals surface area contributed by atoms with Crippen molar-refractivity contribution in [1.29, 1.82) is 0 Å². The number of rotatable bonds is 6. The van der Waals surface area contributed by atoms with Gasteiger partial charge in [0.1, 0.15) is 12.1 Å². The van der Waals surface area contributed by atoms with E-state index in [4.69, 9.17) is 9.15 Å². The first kappa shape index (κ1) is 20.4. The molecule has 0 aliphatic heterocycles. The zero-order valence-electron chi connectivity index (χ0n) is 15.6. The number of Topliss-reactive ketones (excluding diaryl/α,β-unsaturated/α-hetero) is 1. The first-order valence-electron chi connectivity index (χ1n) is 8.61. The Morgan fingerprint density at radius 1 is 1.24 bits per heavy atom. The van der Waals surface area contributed by atoms with Crippen molar-refractivity contribution in [2.75, 3.05) is 6.61 Å². The van der Waals surface area contributed by atoms with Gasteiger partial charge in [-0.05, 0) is 32.0 Å². The third kappa shape index (κ3) is 4.92. The SMILES string of the molecule is Cc1cc(C(=O)COC(=O)/C=C/c2nc3ccccc3o2)c(C)n1CC(F)(F)F. The molecular weight excluding hydrogens is 389 g/mol. The highest BCUT2D eigenvalue weighted by atomic mass is 19.4. The van der Waals surface area contributed by atoms with Crippen molar-refractivity contribution in [2.45, 2.75) is 26.6 Å². The molecule has 3 aromatic rings. The van der Waals surface area contributed by atoms with Gasteiger partial charge in [0, 0.05) is 29.1 Å². The van der Waals surface area contributed by atoms with E-state index < -0.39 is 31.1 Å². The highest BCUT2D eigenvalue weighted by molar-refractivity contribution is 6.00. The molecule has 0 spiro atoms. The van der Waals surface area contributed by atoms with E-state index in [9.17, 15) is 22.8 Å². The van der Waals surface area contributed by atoms with Crippen LogP contribution in [0.3, 0.4) is 0 Å². The fraction of sp³-hybridized carbons (Fsp3) is 0.250. The van der Waals surface area contributed by atoms with E-state index in [1.165, 1.54) is 26.0 Å². The Morgan fingerprint density at radius 3 is 2.66 bits per heavy atom. The van der Waals surface area contributed by atoms with Gasteiger partial charge in [0.2, 0.25) is 11.7 Å². The number of para-hydroxylation sites is 2. The number of aromatic nitrogens is 2. The first-order chi connectivity index (χ1) is 13.6. The molecule has 0 unspecified atom stereocenters. The van der Waals surface area contributed by atoms with Crippen molar-refractivity contribution in [3.05, 3.63) is 59.2 Å². The van der Waals surface area contributed by atoms with Crippen molar-refractivity contribution in [3.8, 4) is 0 Å². The van der Waals surface area contributed by atoms with E-state index in [1.807, 2.05) is 0 Å². The molecule has 0 fully saturated rings. The van der Waals surface area contributed by atoms with Gasteiger partial charge < -0.3 is 13.7 Å². The van der Waals surface area contributed by atoms with Gasteiger partial charge in [-0.2, -0.15) is 13.2 Å². The molecular formula is C20H17F3N2O4. The second-order valence-electron chi connectivity index (χ2n) is 6.37. The predicted molar refractivity (Wildman–Crippen MR) is 98.3 cm³/mol. The number of ketones is 1. The third-order valence-corrected chi connectivity index (χ3v) is 4.23. The van der Waals surface area contributed by atoms with E-state index in [0.29, 0.717) is 16.8 Å². The molecule has 0 N–H and O–H groups in total. The van der Waals surface area contributed by atoms with Crippen LogP contribution in [0.4, 0.5) is 13.2 Å². The van der Waals surface area contributed by atoms with E-state index in [0.717, 1.165) is 10.6 Å². The maximum Gasteiger partial charge on any atom is 0.406 e. The summed E-state index contributed by atoms with van der Waals surface area (Å²) in [5.74, 6) is -1.19. The fourth-order valence-electron chi connectivity index (χ4n) is 2.87. The number of hydrogen-bond donors (Lipinski definition) is 0. The quantitative estimate of drug-likeness (QED) is 0.348. The second kappa shape index (κ2) is 7.94. The number of halogens is 3. The van der Waals surface area contributed by atoms with Crippen LogP contribution in [0, 0.1) is 13.8 Å². The Bertz CT molecular complexity index is 1060. The molecule has 0 atom stereocenters. The number of nitrogens with zero attached hydrogens (tertiary/aromatic N) is 2. The van der Waals surface area contributed by atoms with Crippen LogP contribution in [0.15, 0.2) is 40.8 Å². The van der Waals surface area contributed by atoms with Gasteiger partial charge >= 0.3 is 12.1 Å². The standard InChI is InChI=1S/C20H17F3N2O4/c1-12-9-14(13(2)25(12)11-20(21,22)23)16(26)10-28-19(27)8-7-18-24-15-5-3-4-6-17(15)29-18/h3-9H,10-11H2,1-2H3/b8-7+. The summed E-state index contributed by atoms with van der Waals surface area (Å²) < 4.78 is 49.3. The molecule has 0 saturated carbocycles. The van der Waals surface area contributed by atoms with E-state index in [-0.39, 0.29) is 17.1 Å². The summed E-state index contributed by atoms with van der Waals surface area (Å²) in [5, 5.41) is 0. The summed E-state index contributed by atoms with van der Waals surface area (Å²) >= 11 is 0. The lowest BCUT2D eigenvalue weighted by molar-refractivity contribution is -0.141. The van der Waals surface area contributed by atoms with Gasteiger partial charge in [-0.15, -0.1) is 0 Å². The molecule has 0 aliphatic carbocycles. The minimum Gasteiger partial charge on any atom is -0.454 e. The van der Waals surface area contributed by atoms with Gasteiger partial charge in [-0.3, -0.25) is 4.79 Å². The van der Waals surface area contributed by atoms with Crippen molar-refractivity contribution in [1.82, 2.24) is 9.55 Å². The highest BCUT2D eigenvalue weighted by Gasteiger charge is 2.30. The molecule has 0 saturated heterocycles. The number of esters is 1. The molecule has 2 aromatic heterocycles. The summed E-state index contributed by atoms with van der Waals surface area (Å²) in [7, 11) is 0. The average Bonchev–Trinajstić information content (AvgIpc) is 3.19. The lowest BCUT2D eigenvalue weighted by Gasteiger charge is -2.12. The Hall–Kier alpha value is -3.36. The van der Waals surface area contributed by atoms with Gasteiger partial charge in [-0.25, -0.2) is 9.78 Å². The third-order valence-electron chi connectivity index (χ3n) is 4.23. The Kier molecular flexibility index (Phi) is 5.58. The van der Waals surface area contributed by atoms with Gasteiger partial charge in [0.15, 0.2) is 12.2 Å². The minimum absolute atomic E-state index is 0.0856. The largest absolute Gasteiger partial charge is 0.454 e. The van der Waals surface area contributed by atoms with Crippen LogP contribution in [-0.2, 0) is 16.1 Å². The van der Waals surface area contributed by atoms with Crippen molar-refractivity contribution in [2.24, 2.45) is 0 Å². The molecule has 0 aliphatic rings. The van der Waals surface area contributed by atoms with E-state index >= 15 is 0 Å². The van der Waals surface area contributed by atoms with Crippen LogP contribution >= 0.6 is 0 Å². The Balaban J connectivity index is 1.61. The topological polar surface area (TPSA) is 74.3 Å². The molecule has 6 nitrogen and oxygen atoms in total. The number of ether oxygens (including phenoxy) is 1. The number of fused-ring (bicyclic) bond motifs is 1. The van der Waals surface area contributed by atoms with Gasteiger partial charge in [0.05, 0.1) is 0 Å². The van der Waals surface area contributed by atoms with Crippen molar-refractivity contribution in [3.63, 3.8) is 0 Å². The number of benzene rings is 1. The second-order valence-corrected chi connectivity index (χ2v) is 6.37. The zero-order valence-corrected chi connectivity index (χ0v) is 15.6. The maximum absolute atomic E-state index is 12.7. The first-order valence-corrected chi connectivity index (χ1v) is 8.61. The smallest absolute Gasteiger partial charge is 0.406 e. The highest BCUT2D eigenvalue weighted by Crippen LogP contribution is 2.23. The fourth-order valence-corrected chi connectivity index (χ4v) is 2.87. The number of oxazole rings is 1. The summed E-state index contributed by atoms with van der Waals surface area (Å²) in [6.45, 7) is 1.11. The molecule has 0 amide bonds. The van der Waals surface area contributed by atoms with E-state index in [2.05, 4.69) is 4.98 Å². The molecule has 29 heavy (non-hydrogen) atoms. The van der Waals surface area contributed by atoms with Crippen LogP contribution in [0.25, 0.3) is 17.2 Å². The summed E-state index contributed by atoms with van der Waals surface area (Å²) in [5.41, 5.74) is 1.74. The Morgan fingerprint density at radius 2 is 1.97 bits per heavy atom. The van der Waals surface area contributed by atoms with Gasteiger partial charge in [-0.1, -0.05) is 12.1 Å². The zero-order chi connectivity index (χ0) is 21.2. The number of carbonyl (C=O) groups is 2. The minimum atomic E-state index is -4.41. The van der Waals surface area contributed by atoms with Crippen LogP contribution in [0.1, 0.15) is 27.6 Å². The summed E-state index contributed by atoms with van der Waals surface area (Å²) in [6.07, 6.45) is -2.04. The normalized spacial score (nSPS) is 12.0. The summed E-state index contributed by atoms with van der Waals surface area (Å²) in [6, 6.07) is 8.41. The molecule has 2 heterocycles. The Labute approximate surface area is 163 Å². The molecule has 9 heteroatoms. The molecule has 1 aromatic carbocycles. The molecule has 0 bridgehead atoms. The predicted octanol–water partition coefficient (Wildman–Crippen LogP) is 4.25. The number of carbonyl (C=O) groups excluding carboxylic acids is 2. The van der Waals surface area contributed by atoms with Crippen LogP contribution < -0.4 is 0 Å². The lowest BCUT2D eigenvalue weighted by atomic mass is 10.1. The van der Waals surface area contributed by atoms with Crippen LogP contribution in [-0.4, -0.2) is 34.1 Å². The van der Waals surface area contributed by atoms with Crippen LogP contribution in [0.5, 0.6) is 0 Å². The van der Waals surface area contributed by atoms with Crippen LogP contribution in [0.2, 0.25) is 0 Å². The monoisotopic (exact) mass is 406 g/mol. The van der Waals surface area contributed by atoms with Crippen molar-refractivity contribution < 1.29 is 31.9 Å². The van der Waals surface area contributed by atoms with E-state index in [1.54, 1.807) is 24.3 Å². The number of alkyl halides is 3. The number of hydrogen-bond acceptors (Lipinski definition) is 5. The average molecular weight is 406 g/mol. The summed E-state index contributed by atoms with van der Waals surface area (Å²) in [4.78, 5) is 28.3. The molecule has 3 rings (SSSR count). The molecule has 0 radical (unpaired) electrons. The lowest BCUT2D eigenvalue weighted by Crippen LogP contribution is -2.20. The maximum atomic E-state index is 12.7. The van der Waals surface area contributed by atoms with Crippen molar-refractivity contribution >= 4 is 28.9 Å². The number of aryl methyl sites for hydroxylation is 1. The molecule has 152 valence electrons.